The molecule has 0 saturated heterocycles. The second-order valence-electron chi connectivity index (χ2n) is 5.09. The zero-order chi connectivity index (χ0) is 14.1. The van der Waals surface area contributed by atoms with Gasteiger partial charge in [-0.3, -0.25) is 0 Å². The van der Waals surface area contributed by atoms with Gasteiger partial charge < -0.3 is 20.7 Å². The van der Waals surface area contributed by atoms with Gasteiger partial charge in [-0.15, -0.1) is 0 Å². The third-order valence-corrected chi connectivity index (χ3v) is 3.07. The first-order valence-electron chi connectivity index (χ1n) is 6.91. The summed E-state index contributed by atoms with van der Waals surface area (Å²) in [6, 6.07) is 6.03. The third kappa shape index (κ3) is 6.45. The topological polar surface area (TPSA) is 50.5 Å². The van der Waals surface area contributed by atoms with Crippen molar-refractivity contribution in [1.82, 2.24) is 10.2 Å². The van der Waals surface area contributed by atoms with Gasteiger partial charge in [0.15, 0.2) is 0 Å². The number of anilines is 1. The minimum atomic E-state index is 0.721. The van der Waals surface area contributed by atoms with Crippen LogP contribution in [-0.2, 0) is 6.42 Å². The van der Waals surface area contributed by atoms with Gasteiger partial charge in [0.2, 0.25) is 0 Å². The number of methoxy groups -OCH3 is 1. The lowest BCUT2D eigenvalue weighted by molar-refractivity contribution is 0.394. The molecular formula is C15H27N3O. The van der Waals surface area contributed by atoms with Crippen molar-refractivity contribution in [2.45, 2.75) is 19.3 Å². The lowest BCUT2D eigenvalue weighted by atomic mass is 10.1. The maximum Gasteiger partial charge on any atom is 0.141 e. The van der Waals surface area contributed by atoms with Crippen LogP contribution in [0.1, 0.15) is 18.4 Å². The summed E-state index contributed by atoms with van der Waals surface area (Å²) in [7, 11) is 5.85. The van der Waals surface area contributed by atoms with E-state index in [1.807, 2.05) is 12.1 Å². The van der Waals surface area contributed by atoms with Gasteiger partial charge in [0.1, 0.15) is 5.75 Å². The maximum atomic E-state index is 5.88. The second kappa shape index (κ2) is 8.77. The summed E-state index contributed by atoms with van der Waals surface area (Å²) in [6.07, 6.45) is 3.38. The van der Waals surface area contributed by atoms with Gasteiger partial charge in [-0.05, 0) is 70.7 Å². The highest BCUT2D eigenvalue weighted by molar-refractivity contribution is 5.54. The Morgan fingerprint density at radius 1 is 1.21 bits per heavy atom. The molecule has 0 radical (unpaired) electrons. The summed E-state index contributed by atoms with van der Waals surface area (Å²) < 4.78 is 5.15. The van der Waals surface area contributed by atoms with E-state index in [0.29, 0.717) is 0 Å². The Morgan fingerprint density at radius 3 is 2.58 bits per heavy atom. The number of aryl methyl sites for hydroxylation is 1. The van der Waals surface area contributed by atoms with Gasteiger partial charge in [0.25, 0.3) is 0 Å². The fourth-order valence-corrected chi connectivity index (χ4v) is 2.00. The predicted octanol–water partition coefficient (Wildman–Crippen LogP) is 1.75. The Kier molecular flexibility index (Phi) is 7.30. The van der Waals surface area contributed by atoms with Crippen LogP contribution in [0, 0.1) is 0 Å². The van der Waals surface area contributed by atoms with Crippen molar-refractivity contribution in [2.24, 2.45) is 0 Å². The average molecular weight is 265 g/mol. The van der Waals surface area contributed by atoms with E-state index in [1.165, 1.54) is 12.0 Å². The highest BCUT2D eigenvalue weighted by Gasteiger charge is 2.00. The van der Waals surface area contributed by atoms with E-state index in [-0.39, 0.29) is 0 Å². The summed E-state index contributed by atoms with van der Waals surface area (Å²) in [6.45, 7) is 3.28. The second-order valence-corrected chi connectivity index (χ2v) is 5.09. The summed E-state index contributed by atoms with van der Waals surface area (Å²) in [5, 5.41) is 3.47. The summed E-state index contributed by atoms with van der Waals surface area (Å²) in [5.41, 5.74) is 7.88. The van der Waals surface area contributed by atoms with E-state index in [4.69, 9.17) is 10.5 Å². The Morgan fingerprint density at radius 2 is 1.95 bits per heavy atom. The standard InChI is InChI=1S/C15H27N3O/c1-18(2)11-5-10-17-9-4-6-13-7-8-15(19-3)14(16)12-13/h7-8,12,17H,4-6,9-11,16H2,1-3H3. The summed E-state index contributed by atoms with van der Waals surface area (Å²) >= 11 is 0. The Hall–Kier alpha value is -1.26. The predicted molar refractivity (Wildman–Crippen MR) is 81.8 cm³/mol. The number of nitrogens with one attached hydrogen (secondary N) is 1. The zero-order valence-corrected chi connectivity index (χ0v) is 12.4. The van der Waals surface area contributed by atoms with E-state index in [0.717, 1.165) is 43.9 Å². The van der Waals surface area contributed by atoms with Crippen LogP contribution in [0.25, 0.3) is 0 Å². The van der Waals surface area contributed by atoms with Crippen LogP contribution in [0.3, 0.4) is 0 Å². The molecule has 0 amide bonds. The molecule has 0 atom stereocenters. The molecule has 0 aliphatic rings. The van der Waals surface area contributed by atoms with Crippen molar-refractivity contribution in [3.05, 3.63) is 23.8 Å². The van der Waals surface area contributed by atoms with E-state index in [1.54, 1.807) is 7.11 Å². The van der Waals surface area contributed by atoms with Gasteiger partial charge in [-0.1, -0.05) is 6.07 Å². The first-order chi connectivity index (χ1) is 9.13. The van der Waals surface area contributed by atoms with Crippen molar-refractivity contribution in [2.75, 3.05) is 46.6 Å². The lowest BCUT2D eigenvalue weighted by Crippen LogP contribution is -2.22. The van der Waals surface area contributed by atoms with Crippen LogP contribution < -0.4 is 15.8 Å². The molecule has 1 aromatic carbocycles. The molecule has 0 heterocycles. The molecule has 3 N–H and O–H groups in total. The third-order valence-electron chi connectivity index (χ3n) is 3.07. The average Bonchev–Trinajstić information content (AvgIpc) is 2.37. The van der Waals surface area contributed by atoms with E-state index in [9.17, 15) is 0 Å². The van der Waals surface area contributed by atoms with Gasteiger partial charge in [-0.2, -0.15) is 0 Å². The molecule has 0 spiro atoms. The molecule has 4 nitrogen and oxygen atoms in total. The number of nitrogens with zero attached hydrogens (tertiary/aromatic N) is 1. The van der Waals surface area contributed by atoms with Crippen LogP contribution in [0.5, 0.6) is 5.75 Å². The molecule has 0 aliphatic heterocycles. The molecular weight excluding hydrogens is 238 g/mol. The number of hydrogen-bond acceptors (Lipinski definition) is 4. The number of hydrogen-bond donors (Lipinski definition) is 2. The van der Waals surface area contributed by atoms with E-state index in [2.05, 4.69) is 30.4 Å². The molecule has 0 saturated carbocycles. The van der Waals surface area contributed by atoms with Gasteiger partial charge in [0.05, 0.1) is 12.8 Å². The van der Waals surface area contributed by atoms with Gasteiger partial charge in [-0.25, -0.2) is 0 Å². The van der Waals surface area contributed by atoms with Crippen molar-refractivity contribution < 1.29 is 4.74 Å². The van der Waals surface area contributed by atoms with Gasteiger partial charge >= 0.3 is 0 Å². The zero-order valence-electron chi connectivity index (χ0n) is 12.4. The Bertz CT molecular complexity index is 366. The van der Waals surface area contributed by atoms with Crippen LogP contribution in [0.4, 0.5) is 5.69 Å². The van der Waals surface area contributed by atoms with Crippen molar-refractivity contribution in [1.29, 1.82) is 0 Å². The number of nitrogens with two attached hydrogens (primary N) is 1. The fourth-order valence-electron chi connectivity index (χ4n) is 2.00. The van der Waals surface area contributed by atoms with Crippen LogP contribution >= 0.6 is 0 Å². The monoisotopic (exact) mass is 265 g/mol. The quantitative estimate of drug-likeness (QED) is 0.527. The molecule has 0 bridgehead atoms. The fraction of sp³-hybridized carbons (Fsp3) is 0.600. The largest absolute Gasteiger partial charge is 0.495 e. The molecule has 0 fully saturated rings. The molecule has 4 heteroatoms. The van der Waals surface area contributed by atoms with Gasteiger partial charge in [0, 0.05) is 0 Å². The number of ether oxygens (including phenoxy) is 1. The Labute approximate surface area is 116 Å². The minimum Gasteiger partial charge on any atom is -0.495 e. The van der Waals surface area contributed by atoms with E-state index < -0.39 is 0 Å². The number of rotatable bonds is 9. The number of nitrogen functional groups attached to an aromatic ring is 1. The molecule has 1 aromatic rings. The minimum absolute atomic E-state index is 0.721. The molecule has 1 rings (SSSR count). The first-order valence-corrected chi connectivity index (χ1v) is 6.91. The van der Waals surface area contributed by atoms with Crippen LogP contribution in [0.15, 0.2) is 18.2 Å². The van der Waals surface area contributed by atoms with E-state index >= 15 is 0 Å². The van der Waals surface area contributed by atoms with Crippen molar-refractivity contribution in [3.63, 3.8) is 0 Å². The van der Waals surface area contributed by atoms with Crippen LogP contribution in [0.2, 0.25) is 0 Å². The molecule has 0 aromatic heterocycles. The molecule has 19 heavy (non-hydrogen) atoms. The SMILES string of the molecule is COc1ccc(CCCNCCCN(C)C)cc1N. The highest BCUT2D eigenvalue weighted by atomic mass is 16.5. The summed E-state index contributed by atoms with van der Waals surface area (Å²) in [4.78, 5) is 2.21. The smallest absolute Gasteiger partial charge is 0.141 e. The van der Waals surface area contributed by atoms with Crippen LogP contribution in [-0.4, -0.2) is 45.7 Å². The normalized spacial score (nSPS) is 10.9. The summed E-state index contributed by atoms with van der Waals surface area (Å²) in [5.74, 6) is 0.755. The number of benzene rings is 1. The molecule has 0 unspecified atom stereocenters. The highest BCUT2D eigenvalue weighted by Crippen LogP contribution is 2.22. The molecule has 0 aliphatic carbocycles. The molecule has 108 valence electrons. The van der Waals surface area contributed by atoms with Crippen molar-refractivity contribution >= 4 is 5.69 Å². The first kappa shape index (κ1) is 15.8. The van der Waals surface area contributed by atoms with Crippen molar-refractivity contribution in [3.8, 4) is 5.75 Å². The lowest BCUT2D eigenvalue weighted by Gasteiger charge is -2.10. The Balaban J connectivity index is 2.14. The maximum absolute atomic E-state index is 5.88.